The molecule has 0 bridgehead atoms. The van der Waals surface area contributed by atoms with Crippen LogP contribution in [-0.4, -0.2) is 50.1 Å². The molecule has 10 nitrogen and oxygen atoms in total. The maximum Gasteiger partial charge on any atom is 0.319 e. The summed E-state index contributed by atoms with van der Waals surface area (Å²) in [5.41, 5.74) is 5.80. The van der Waals surface area contributed by atoms with Crippen LogP contribution in [0.3, 0.4) is 0 Å². The van der Waals surface area contributed by atoms with Crippen LogP contribution >= 0.6 is 0 Å². The number of primary amides is 1. The van der Waals surface area contributed by atoms with Crippen molar-refractivity contribution in [3.8, 4) is 11.5 Å². The lowest BCUT2D eigenvalue weighted by molar-refractivity contribution is 0.0996. The Kier molecular flexibility index (Phi) is 10.6. The lowest BCUT2D eigenvalue weighted by Gasteiger charge is -2.40. The number of carbonyl (C=O) groups is 2. The van der Waals surface area contributed by atoms with E-state index in [4.69, 9.17) is 10.5 Å². The fraction of sp³-hybridized carbons (Fsp3) is 0.290. The molecule has 44 heavy (non-hydrogen) atoms. The molecule has 0 spiro atoms. The molecule has 3 aromatic rings. The molecule has 13 heteroatoms. The molecule has 4 rings (SSSR count). The van der Waals surface area contributed by atoms with Crippen LogP contribution in [0.1, 0.15) is 41.6 Å². The molecule has 1 heterocycles. The second-order valence-corrected chi connectivity index (χ2v) is 12.4. The highest BCUT2D eigenvalue weighted by molar-refractivity contribution is 7.92. The van der Waals surface area contributed by atoms with E-state index in [1.54, 1.807) is 24.3 Å². The SMILES string of the molecule is C=CCCC1CC(NC(=O)Nc2cc(C(N)=O)c(F)cc2F)CCN1Cc1ccc(Oc2ccc(NS(C)(=O)=O)cc2)cc1. The van der Waals surface area contributed by atoms with Crippen molar-refractivity contribution in [1.29, 1.82) is 0 Å². The first-order chi connectivity index (χ1) is 20.9. The van der Waals surface area contributed by atoms with Gasteiger partial charge in [-0.3, -0.25) is 14.4 Å². The van der Waals surface area contributed by atoms with Crippen LogP contribution in [0.2, 0.25) is 0 Å². The first-order valence-corrected chi connectivity index (χ1v) is 15.9. The Morgan fingerprint density at radius 2 is 1.73 bits per heavy atom. The first-order valence-electron chi connectivity index (χ1n) is 14.0. The summed E-state index contributed by atoms with van der Waals surface area (Å²) in [7, 11) is -3.36. The molecule has 0 radical (unpaired) electrons. The minimum Gasteiger partial charge on any atom is -0.457 e. The van der Waals surface area contributed by atoms with E-state index in [-0.39, 0.29) is 17.8 Å². The van der Waals surface area contributed by atoms with Gasteiger partial charge in [-0.15, -0.1) is 6.58 Å². The molecule has 1 aliphatic rings. The van der Waals surface area contributed by atoms with Gasteiger partial charge in [0.15, 0.2) is 0 Å². The molecule has 0 aliphatic carbocycles. The molecule has 0 aromatic heterocycles. The number of ether oxygens (including phenoxy) is 1. The zero-order chi connectivity index (χ0) is 31.9. The van der Waals surface area contributed by atoms with Gasteiger partial charge in [-0.2, -0.15) is 0 Å². The topological polar surface area (TPSA) is 143 Å². The van der Waals surface area contributed by atoms with Crippen molar-refractivity contribution in [2.45, 2.75) is 44.3 Å². The Bertz CT molecular complexity index is 1600. The van der Waals surface area contributed by atoms with Gasteiger partial charge in [0.25, 0.3) is 5.91 Å². The minimum absolute atomic E-state index is 0.144. The number of nitrogens with zero attached hydrogens (tertiary/aromatic N) is 1. The van der Waals surface area contributed by atoms with Crippen molar-refractivity contribution < 1.29 is 31.5 Å². The summed E-state index contributed by atoms with van der Waals surface area (Å²) in [4.78, 5) is 26.4. The van der Waals surface area contributed by atoms with E-state index < -0.39 is 39.2 Å². The highest BCUT2D eigenvalue weighted by Gasteiger charge is 2.29. The van der Waals surface area contributed by atoms with Crippen LogP contribution in [-0.2, 0) is 16.6 Å². The molecule has 3 aromatic carbocycles. The number of nitrogens with two attached hydrogens (primary N) is 1. The van der Waals surface area contributed by atoms with Crippen molar-refractivity contribution in [2.24, 2.45) is 5.73 Å². The molecule has 3 amide bonds. The fourth-order valence-corrected chi connectivity index (χ4v) is 5.63. The van der Waals surface area contributed by atoms with Gasteiger partial charge >= 0.3 is 6.03 Å². The van der Waals surface area contributed by atoms with E-state index in [9.17, 15) is 26.8 Å². The molecule has 1 saturated heterocycles. The number of piperidine rings is 1. The average Bonchev–Trinajstić information content (AvgIpc) is 2.95. The lowest BCUT2D eigenvalue weighted by atomic mass is 9.93. The smallest absolute Gasteiger partial charge is 0.319 e. The Morgan fingerprint density at radius 1 is 1.07 bits per heavy atom. The zero-order valence-corrected chi connectivity index (χ0v) is 25.0. The number of hydrogen-bond donors (Lipinski definition) is 4. The Hall–Kier alpha value is -4.49. The maximum absolute atomic E-state index is 14.2. The van der Waals surface area contributed by atoms with Crippen molar-refractivity contribution in [3.63, 3.8) is 0 Å². The third kappa shape index (κ3) is 9.25. The van der Waals surface area contributed by atoms with Crippen LogP contribution in [0.5, 0.6) is 11.5 Å². The molecule has 5 N–H and O–H groups in total. The number of likely N-dealkylation sites (tertiary alicyclic amines) is 1. The number of allylic oxidation sites excluding steroid dienone is 1. The van der Waals surface area contributed by atoms with E-state index >= 15 is 0 Å². The number of hydrogen-bond acceptors (Lipinski definition) is 6. The van der Waals surface area contributed by atoms with E-state index in [1.165, 1.54) is 0 Å². The first kappa shape index (κ1) is 32.4. The van der Waals surface area contributed by atoms with Gasteiger partial charge in [0.1, 0.15) is 23.1 Å². The van der Waals surface area contributed by atoms with Crippen LogP contribution in [0.15, 0.2) is 73.3 Å². The monoisotopic (exact) mass is 627 g/mol. The summed E-state index contributed by atoms with van der Waals surface area (Å²) in [5, 5.41) is 5.22. The normalized spacial score (nSPS) is 17.0. The molecule has 0 saturated carbocycles. The second-order valence-electron chi connectivity index (χ2n) is 10.6. The van der Waals surface area contributed by atoms with Crippen LogP contribution in [0, 0.1) is 11.6 Å². The lowest BCUT2D eigenvalue weighted by Crippen LogP contribution is -2.50. The number of sulfonamides is 1. The van der Waals surface area contributed by atoms with Gasteiger partial charge in [-0.05, 0) is 73.7 Å². The van der Waals surface area contributed by atoms with Crippen molar-refractivity contribution in [3.05, 3.63) is 96.1 Å². The van der Waals surface area contributed by atoms with E-state index in [0.717, 1.165) is 30.7 Å². The molecule has 2 unspecified atom stereocenters. The summed E-state index contributed by atoms with van der Waals surface area (Å²) >= 11 is 0. The standard InChI is InChI=1S/C31H35F2N5O5S/c1-3-4-5-23-16-22(35-31(40)36-29-17-26(30(34)39)27(32)18-28(29)33)14-15-38(23)19-20-6-10-24(11-7-20)43-25-12-8-21(9-13-25)37-44(2,41)42/h3,6-13,17-18,22-23,37H,1,4-5,14-16,19H2,2H3,(H2,34,39)(H2,35,36,40). The van der Waals surface area contributed by atoms with Crippen LogP contribution < -0.4 is 25.8 Å². The molecule has 2 atom stereocenters. The number of nitrogens with one attached hydrogen (secondary N) is 3. The average molecular weight is 628 g/mol. The Balaban J connectivity index is 1.33. The third-order valence-electron chi connectivity index (χ3n) is 7.15. The van der Waals surface area contributed by atoms with Crippen molar-refractivity contribution >= 4 is 33.3 Å². The molecule has 1 aliphatic heterocycles. The second kappa shape index (κ2) is 14.3. The quantitative estimate of drug-likeness (QED) is 0.200. The van der Waals surface area contributed by atoms with Gasteiger partial charge in [0.05, 0.1) is 17.5 Å². The van der Waals surface area contributed by atoms with Gasteiger partial charge in [0, 0.05) is 36.9 Å². The van der Waals surface area contributed by atoms with Gasteiger partial charge in [-0.1, -0.05) is 18.2 Å². The van der Waals surface area contributed by atoms with Crippen LogP contribution in [0.4, 0.5) is 25.0 Å². The summed E-state index contributed by atoms with van der Waals surface area (Å²) in [6, 6.07) is 15.0. The minimum atomic E-state index is -3.36. The summed E-state index contributed by atoms with van der Waals surface area (Å²) in [6.45, 7) is 5.22. The number of amides is 3. The number of benzene rings is 3. The molecule has 234 valence electrons. The van der Waals surface area contributed by atoms with Crippen molar-refractivity contribution in [1.82, 2.24) is 10.2 Å². The van der Waals surface area contributed by atoms with E-state index in [1.807, 2.05) is 30.3 Å². The third-order valence-corrected chi connectivity index (χ3v) is 7.76. The Morgan fingerprint density at radius 3 is 2.34 bits per heavy atom. The van der Waals surface area contributed by atoms with Gasteiger partial charge in [0.2, 0.25) is 10.0 Å². The maximum atomic E-state index is 14.2. The van der Waals surface area contributed by atoms with Crippen molar-refractivity contribution in [2.75, 3.05) is 22.8 Å². The summed E-state index contributed by atoms with van der Waals surface area (Å²) in [5.74, 6) is -1.98. The summed E-state index contributed by atoms with van der Waals surface area (Å²) < 4.78 is 59.1. The molecular weight excluding hydrogens is 592 g/mol. The number of anilines is 2. The summed E-state index contributed by atoms with van der Waals surface area (Å²) in [6.07, 6.45) is 5.88. The highest BCUT2D eigenvalue weighted by Crippen LogP contribution is 2.27. The van der Waals surface area contributed by atoms with Gasteiger partial charge in [-0.25, -0.2) is 22.0 Å². The zero-order valence-electron chi connectivity index (χ0n) is 24.2. The number of halogens is 2. The van der Waals surface area contributed by atoms with Crippen LogP contribution in [0.25, 0.3) is 0 Å². The fourth-order valence-electron chi connectivity index (χ4n) is 5.07. The van der Waals surface area contributed by atoms with Gasteiger partial charge < -0.3 is 21.1 Å². The van der Waals surface area contributed by atoms with E-state index in [2.05, 4.69) is 26.8 Å². The largest absolute Gasteiger partial charge is 0.457 e. The Labute approximate surface area is 255 Å². The number of urea groups is 1. The number of rotatable bonds is 12. The number of carbonyl (C=O) groups excluding carboxylic acids is 2. The predicted molar refractivity (Wildman–Crippen MR) is 165 cm³/mol. The molecular formula is C31H35F2N5O5S. The highest BCUT2D eigenvalue weighted by atomic mass is 32.2. The molecule has 1 fully saturated rings. The predicted octanol–water partition coefficient (Wildman–Crippen LogP) is 5.35. The van der Waals surface area contributed by atoms with E-state index in [0.29, 0.717) is 49.2 Å².